The number of hydrogen-bond donors (Lipinski definition) is 1. The van der Waals surface area contributed by atoms with E-state index in [-0.39, 0.29) is 22.8 Å². The predicted molar refractivity (Wildman–Crippen MR) is 99.3 cm³/mol. The Bertz CT molecular complexity index is 1210. The van der Waals surface area contributed by atoms with Gasteiger partial charge in [0.2, 0.25) is 5.88 Å². The van der Waals surface area contributed by atoms with Gasteiger partial charge in [-0.2, -0.15) is 0 Å². The van der Waals surface area contributed by atoms with Crippen LogP contribution in [0.2, 0.25) is 0 Å². The normalized spacial score (nSPS) is 11.1. The first-order valence-corrected chi connectivity index (χ1v) is 8.01. The van der Waals surface area contributed by atoms with Gasteiger partial charge in [-0.25, -0.2) is 19.3 Å². The van der Waals surface area contributed by atoms with Crippen molar-refractivity contribution in [3.8, 4) is 5.88 Å². The average molecular weight is 361 g/mol. The van der Waals surface area contributed by atoms with Crippen molar-refractivity contribution in [2.75, 3.05) is 12.4 Å². The van der Waals surface area contributed by atoms with Crippen LogP contribution in [0, 0.1) is 12.7 Å². The highest BCUT2D eigenvalue weighted by Crippen LogP contribution is 2.20. The fraction of sp³-hybridized carbons (Fsp3) is 0.111. The van der Waals surface area contributed by atoms with Gasteiger partial charge >= 0.3 is 0 Å². The minimum atomic E-state index is -0.535. The van der Waals surface area contributed by atoms with Crippen LogP contribution in [0.15, 0.2) is 36.8 Å². The number of hydrogen-bond acceptors (Lipinski definition) is 5. The van der Waals surface area contributed by atoms with Gasteiger partial charge in [-0.15, -0.1) is 0 Å². The summed E-state index contributed by atoms with van der Waals surface area (Å²) in [6.45, 7) is 1.76. The quantitative estimate of drug-likeness (QED) is 0.563. The van der Waals surface area contributed by atoms with Crippen LogP contribution >= 0.6 is 0 Å². The summed E-state index contributed by atoms with van der Waals surface area (Å²) in [4.78, 5) is 25.3. The smallest absolute Gasteiger partial charge is 0.257 e. The number of nitrogens with one attached hydrogen (secondary N) is 1. The number of ether oxygens (including phenoxy) is 1. The first-order chi connectivity index (χ1) is 13.0. The van der Waals surface area contributed by atoms with Crippen molar-refractivity contribution in [1.29, 1.82) is 0 Å². The van der Waals surface area contributed by atoms with Crippen molar-refractivity contribution in [2.45, 2.75) is 6.92 Å². The van der Waals surface area contributed by atoms with Crippen LogP contribution in [0.5, 0.6) is 5.88 Å². The van der Waals surface area contributed by atoms with E-state index < -0.39 is 11.7 Å². The van der Waals surface area contributed by atoms with E-state index >= 15 is 0 Å². The molecule has 0 saturated heterocycles. The van der Waals surface area contributed by atoms with Gasteiger partial charge < -0.3 is 14.5 Å². The monoisotopic (exact) mass is 361 g/mol. The summed E-state index contributed by atoms with van der Waals surface area (Å²) in [6.07, 6.45) is 4.66. The zero-order chi connectivity index (χ0) is 19.1. The SMILES string of the molecule is [B]c1ccc(C(=O)Nc2cc(F)c3nc(C)cn3c2)c2ncc(OC)nc12. The maximum Gasteiger partial charge on any atom is 0.257 e. The summed E-state index contributed by atoms with van der Waals surface area (Å²) < 4.78 is 20.8. The van der Waals surface area contributed by atoms with Gasteiger partial charge in [-0.1, -0.05) is 11.5 Å². The molecule has 7 nitrogen and oxygen atoms in total. The van der Waals surface area contributed by atoms with Crippen molar-refractivity contribution in [1.82, 2.24) is 19.4 Å². The number of fused-ring (bicyclic) bond motifs is 2. The van der Waals surface area contributed by atoms with E-state index in [1.54, 1.807) is 31.5 Å². The van der Waals surface area contributed by atoms with Gasteiger partial charge in [0.1, 0.15) is 13.4 Å². The molecule has 0 unspecified atom stereocenters. The number of pyridine rings is 1. The number of carbonyl (C=O) groups is 1. The number of carbonyl (C=O) groups excluding carboxylic acids is 1. The van der Waals surface area contributed by atoms with Gasteiger partial charge in [-0.3, -0.25) is 4.79 Å². The molecule has 0 bridgehead atoms. The maximum absolute atomic E-state index is 14.2. The van der Waals surface area contributed by atoms with Crippen molar-refractivity contribution in [2.24, 2.45) is 0 Å². The van der Waals surface area contributed by atoms with Crippen molar-refractivity contribution >= 4 is 41.6 Å². The Balaban J connectivity index is 1.74. The number of imidazole rings is 1. The highest BCUT2D eigenvalue weighted by Gasteiger charge is 2.16. The molecule has 1 N–H and O–H groups in total. The zero-order valence-corrected chi connectivity index (χ0v) is 14.5. The van der Waals surface area contributed by atoms with Crippen LogP contribution in [0.4, 0.5) is 10.1 Å². The number of anilines is 1. The van der Waals surface area contributed by atoms with Gasteiger partial charge in [-0.05, 0) is 13.0 Å². The van der Waals surface area contributed by atoms with Crippen LogP contribution in [-0.2, 0) is 0 Å². The summed E-state index contributed by atoms with van der Waals surface area (Å²) >= 11 is 0. The molecule has 2 radical (unpaired) electrons. The number of nitrogens with zero attached hydrogens (tertiary/aromatic N) is 4. The molecule has 0 aliphatic heterocycles. The third-order valence-corrected chi connectivity index (χ3v) is 4.05. The van der Waals surface area contributed by atoms with Crippen LogP contribution in [-0.4, -0.2) is 40.2 Å². The fourth-order valence-electron chi connectivity index (χ4n) is 2.83. The number of rotatable bonds is 3. The Labute approximate surface area is 154 Å². The van der Waals surface area contributed by atoms with Gasteiger partial charge in [0.25, 0.3) is 5.91 Å². The lowest BCUT2D eigenvalue weighted by atomic mass is 9.92. The Morgan fingerprint density at radius 3 is 2.85 bits per heavy atom. The van der Waals surface area contributed by atoms with E-state index in [2.05, 4.69) is 20.3 Å². The van der Waals surface area contributed by atoms with Crippen molar-refractivity contribution < 1.29 is 13.9 Å². The molecule has 3 aromatic heterocycles. The third-order valence-electron chi connectivity index (χ3n) is 4.05. The molecule has 3 heterocycles. The molecule has 27 heavy (non-hydrogen) atoms. The zero-order valence-electron chi connectivity index (χ0n) is 14.5. The second kappa shape index (κ2) is 6.35. The summed E-state index contributed by atoms with van der Waals surface area (Å²) in [6, 6.07) is 4.33. The molecule has 0 spiro atoms. The molecule has 0 aliphatic carbocycles. The highest BCUT2D eigenvalue weighted by atomic mass is 19.1. The molecule has 1 aromatic carbocycles. The molecule has 4 rings (SSSR count). The summed E-state index contributed by atoms with van der Waals surface area (Å²) in [5.74, 6) is -0.711. The van der Waals surface area contributed by atoms with Crippen LogP contribution in [0.25, 0.3) is 16.7 Å². The minimum Gasteiger partial charge on any atom is -0.480 e. The molecular weight excluding hydrogens is 348 g/mol. The second-order valence-electron chi connectivity index (χ2n) is 5.96. The number of aryl methyl sites for hydroxylation is 1. The number of aromatic nitrogens is 4. The van der Waals surface area contributed by atoms with E-state index in [1.165, 1.54) is 23.8 Å². The standard InChI is InChI=1S/C18H13BFN5O2/c1-9-7-25-8-10(5-13(20)17(25)22-9)23-18(26)11-3-4-12(19)16-15(11)21-6-14(24-16)27-2/h3-8H,1-2H3,(H,23,26). The van der Waals surface area contributed by atoms with E-state index in [4.69, 9.17) is 12.6 Å². The van der Waals surface area contributed by atoms with E-state index in [1.807, 2.05) is 0 Å². The van der Waals surface area contributed by atoms with Crippen LogP contribution in [0.1, 0.15) is 16.1 Å². The van der Waals surface area contributed by atoms with E-state index in [0.717, 1.165) is 0 Å². The molecule has 0 fully saturated rings. The van der Waals surface area contributed by atoms with E-state index in [0.29, 0.717) is 22.2 Å². The van der Waals surface area contributed by atoms with E-state index in [9.17, 15) is 9.18 Å². The minimum absolute atomic E-state index is 0.196. The second-order valence-corrected chi connectivity index (χ2v) is 5.96. The average Bonchev–Trinajstić information content (AvgIpc) is 3.02. The Hall–Kier alpha value is -3.49. The Kier molecular flexibility index (Phi) is 3.99. The van der Waals surface area contributed by atoms with Gasteiger partial charge in [0.05, 0.1) is 35.8 Å². The molecule has 0 saturated carbocycles. The lowest BCUT2D eigenvalue weighted by Crippen LogP contribution is -2.17. The summed E-state index contributed by atoms with van der Waals surface area (Å²) in [7, 11) is 7.40. The van der Waals surface area contributed by atoms with Crippen molar-refractivity contribution in [3.63, 3.8) is 0 Å². The molecular formula is C18H13BFN5O2. The van der Waals surface area contributed by atoms with Gasteiger partial charge in [0.15, 0.2) is 11.5 Å². The van der Waals surface area contributed by atoms with Crippen molar-refractivity contribution in [3.05, 3.63) is 53.9 Å². The Morgan fingerprint density at radius 1 is 1.26 bits per heavy atom. The number of halogens is 1. The van der Waals surface area contributed by atoms with Crippen LogP contribution in [0.3, 0.4) is 0 Å². The van der Waals surface area contributed by atoms with Crippen LogP contribution < -0.4 is 15.5 Å². The molecule has 9 heteroatoms. The van der Waals surface area contributed by atoms with Gasteiger partial charge in [0, 0.05) is 18.5 Å². The summed E-state index contributed by atoms with van der Waals surface area (Å²) in [5, 5.41) is 2.67. The fourth-order valence-corrected chi connectivity index (χ4v) is 2.83. The third kappa shape index (κ3) is 2.97. The molecule has 0 atom stereocenters. The first-order valence-electron chi connectivity index (χ1n) is 8.01. The highest BCUT2D eigenvalue weighted by molar-refractivity contribution is 6.38. The Morgan fingerprint density at radius 2 is 2.07 bits per heavy atom. The molecule has 1 amide bonds. The molecule has 132 valence electrons. The number of amides is 1. The summed E-state index contributed by atoms with van der Waals surface area (Å²) in [5.41, 5.74) is 2.47. The lowest BCUT2D eigenvalue weighted by Gasteiger charge is -2.10. The first kappa shape index (κ1) is 17.0. The number of benzene rings is 1. The molecule has 4 aromatic rings. The lowest BCUT2D eigenvalue weighted by molar-refractivity contribution is 0.102. The maximum atomic E-state index is 14.2. The predicted octanol–water partition coefficient (Wildman–Crippen LogP) is 1.78. The molecule has 0 aliphatic rings. The number of methoxy groups -OCH3 is 1. The largest absolute Gasteiger partial charge is 0.480 e. The topological polar surface area (TPSA) is 81.4 Å².